The van der Waals surface area contributed by atoms with Crippen LogP contribution in [0, 0.1) is 0 Å². The first-order valence-corrected chi connectivity index (χ1v) is 8.98. The largest absolute Gasteiger partial charge is 0.462 e. The van der Waals surface area contributed by atoms with E-state index in [9.17, 15) is 13.2 Å². The van der Waals surface area contributed by atoms with E-state index in [4.69, 9.17) is 4.74 Å². The molecule has 0 heterocycles. The quantitative estimate of drug-likeness (QED) is 0.768. The zero-order chi connectivity index (χ0) is 16.0. The highest BCUT2D eigenvalue weighted by Gasteiger charge is 2.10. The van der Waals surface area contributed by atoms with Crippen molar-refractivity contribution in [3.8, 4) is 0 Å². The van der Waals surface area contributed by atoms with Gasteiger partial charge in [-0.1, -0.05) is 42.5 Å². The van der Waals surface area contributed by atoms with E-state index in [-0.39, 0.29) is 5.75 Å². The van der Waals surface area contributed by atoms with Crippen molar-refractivity contribution in [1.82, 2.24) is 0 Å². The SMILES string of the molecule is CS(=O)(=O)Cc1cccc(C(=O)OCCc2ccccc2)c1. The zero-order valence-electron chi connectivity index (χ0n) is 12.4. The molecule has 0 saturated carbocycles. The first kappa shape index (κ1) is 16.2. The number of hydrogen-bond donors (Lipinski definition) is 0. The van der Waals surface area contributed by atoms with Crippen LogP contribution in [0.25, 0.3) is 0 Å². The molecule has 2 rings (SSSR count). The Hall–Kier alpha value is -2.14. The van der Waals surface area contributed by atoms with Gasteiger partial charge in [0, 0.05) is 12.7 Å². The molecule has 0 aromatic heterocycles. The van der Waals surface area contributed by atoms with Gasteiger partial charge in [-0.3, -0.25) is 0 Å². The molecular formula is C17H18O4S. The minimum atomic E-state index is -3.12. The van der Waals surface area contributed by atoms with Gasteiger partial charge in [-0.15, -0.1) is 0 Å². The van der Waals surface area contributed by atoms with Crippen LogP contribution in [-0.4, -0.2) is 27.2 Å². The van der Waals surface area contributed by atoms with E-state index in [1.165, 1.54) is 0 Å². The van der Waals surface area contributed by atoms with Gasteiger partial charge in [-0.05, 0) is 23.3 Å². The first-order valence-electron chi connectivity index (χ1n) is 6.92. The molecule has 0 radical (unpaired) electrons. The summed E-state index contributed by atoms with van der Waals surface area (Å²) >= 11 is 0. The van der Waals surface area contributed by atoms with Gasteiger partial charge in [0.05, 0.1) is 17.9 Å². The molecule has 0 fully saturated rings. The molecule has 0 unspecified atom stereocenters. The van der Waals surface area contributed by atoms with Gasteiger partial charge < -0.3 is 4.74 Å². The van der Waals surface area contributed by atoms with Crippen LogP contribution in [0.1, 0.15) is 21.5 Å². The van der Waals surface area contributed by atoms with E-state index < -0.39 is 15.8 Å². The summed E-state index contributed by atoms with van der Waals surface area (Å²) < 4.78 is 27.8. The van der Waals surface area contributed by atoms with Crippen molar-refractivity contribution < 1.29 is 17.9 Å². The molecule has 0 aliphatic carbocycles. The highest BCUT2D eigenvalue weighted by molar-refractivity contribution is 7.89. The van der Waals surface area contributed by atoms with Gasteiger partial charge in [0.15, 0.2) is 9.84 Å². The third-order valence-electron chi connectivity index (χ3n) is 3.06. The third-order valence-corrected chi connectivity index (χ3v) is 3.92. The van der Waals surface area contributed by atoms with Crippen molar-refractivity contribution >= 4 is 15.8 Å². The Balaban J connectivity index is 1.93. The molecule has 22 heavy (non-hydrogen) atoms. The molecule has 0 saturated heterocycles. The second-order valence-corrected chi connectivity index (χ2v) is 7.28. The van der Waals surface area contributed by atoms with Crippen molar-refractivity contribution in [3.05, 3.63) is 71.3 Å². The average molecular weight is 318 g/mol. The van der Waals surface area contributed by atoms with Crippen molar-refractivity contribution in [3.63, 3.8) is 0 Å². The van der Waals surface area contributed by atoms with Gasteiger partial charge >= 0.3 is 5.97 Å². The number of ether oxygens (including phenoxy) is 1. The lowest BCUT2D eigenvalue weighted by atomic mass is 10.1. The van der Waals surface area contributed by atoms with Crippen LogP contribution < -0.4 is 0 Å². The number of esters is 1. The zero-order valence-corrected chi connectivity index (χ0v) is 13.2. The molecule has 5 heteroatoms. The van der Waals surface area contributed by atoms with Gasteiger partial charge in [0.2, 0.25) is 0 Å². The minimum Gasteiger partial charge on any atom is -0.462 e. The summed E-state index contributed by atoms with van der Waals surface area (Å²) in [6, 6.07) is 16.3. The molecule has 0 amide bonds. The summed E-state index contributed by atoms with van der Waals surface area (Å²) in [5, 5.41) is 0. The molecule has 0 N–H and O–H groups in total. The highest BCUT2D eigenvalue weighted by atomic mass is 32.2. The summed E-state index contributed by atoms with van der Waals surface area (Å²) in [5.74, 6) is -0.524. The Morgan fingerprint density at radius 2 is 1.68 bits per heavy atom. The van der Waals surface area contributed by atoms with Crippen molar-refractivity contribution in [2.24, 2.45) is 0 Å². The predicted molar refractivity (Wildman–Crippen MR) is 85.4 cm³/mol. The van der Waals surface area contributed by atoms with Crippen LogP contribution in [0.4, 0.5) is 0 Å². The summed E-state index contributed by atoms with van der Waals surface area (Å²) in [7, 11) is -3.12. The number of rotatable bonds is 6. The molecule has 116 valence electrons. The summed E-state index contributed by atoms with van der Waals surface area (Å²) in [6.07, 6.45) is 1.81. The number of hydrogen-bond acceptors (Lipinski definition) is 4. The number of benzene rings is 2. The number of sulfone groups is 1. The summed E-state index contributed by atoms with van der Waals surface area (Å²) in [4.78, 5) is 12.0. The standard InChI is InChI=1S/C17H18O4S/c1-22(19,20)13-15-8-5-9-16(12-15)17(18)21-11-10-14-6-3-2-4-7-14/h2-9,12H,10-11,13H2,1H3. The second kappa shape index (κ2) is 7.22. The normalized spacial score (nSPS) is 11.1. The van der Waals surface area contributed by atoms with Crippen LogP contribution in [0.3, 0.4) is 0 Å². The molecule has 0 atom stereocenters. The van der Waals surface area contributed by atoms with Crippen molar-refractivity contribution in [1.29, 1.82) is 0 Å². The topological polar surface area (TPSA) is 60.4 Å². The van der Waals surface area contributed by atoms with Gasteiger partial charge in [0.1, 0.15) is 0 Å². The smallest absolute Gasteiger partial charge is 0.338 e. The number of carbonyl (C=O) groups excluding carboxylic acids is 1. The highest BCUT2D eigenvalue weighted by Crippen LogP contribution is 2.10. The van der Waals surface area contributed by atoms with Crippen LogP contribution in [0.15, 0.2) is 54.6 Å². The minimum absolute atomic E-state index is 0.0852. The fourth-order valence-electron chi connectivity index (χ4n) is 2.08. The molecule has 0 aliphatic rings. The van der Waals surface area contributed by atoms with E-state index in [1.807, 2.05) is 30.3 Å². The molecule has 0 bridgehead atoms. The van der Waals surface area contributed by atoms with Crippen LogP contribution in [0.5, 0.6) is 0 Å². The lowest BCUT2D eigenvalue weighted by Crippen LogP contribution is -2.09. The van der Waals surface area contributed by atoms with Crippen LogP contribution >= 0.6 is 0 Å². The summed E-state index contributed by atoms with van der Waals surface area (Å²) in [6.45, 7) is 0.291. The van der Waals surface area contributed by atoms with Gasteiger partial charge in [0.25, 0.3) is 0 Å². The van der Waals surface area contributed by atoms with Gasteiger partial charge in [-0.25, -0.2) is 13.2 Å². The lowest BCUT2D eigenvalue weighted by molar-refractivity contribution is 0.0509. The van der Waals surface area contributed by atoms with Crippen LogP contribution in [-0.2, 0) is 26.7 Å². The molecule has 4 nitrogen and oxygen atoms in total. The van der Waals surface area contributed by atoms with Gasteiger partial charge in [-0.2, -0.15) is 0 Å². The molecular weight excluding hydrogens is 300 g/mol. The van der Waals surface area contributed by atoms with E-state index >= 15 is 0 Å². The van der Waals surface area contributed by atoms with E-state index in [0.717, 1.165) is 11.8 Å². The van der Waals surface area contributed by atoms with Crippen LogP contribution in [0.2, 0.25) is 0 Å². The molecule has 2 aromatic rings. The Morgan fingerprint density at radius 3 is 2.36 bits per heavy atom. The Kier molecular flexibility index (Phi) is 5.33. The monoisotopic (exact) mass is 318 g/mol. The number of carbonyl (C=O) groups is 1. The average Bonchev–Trinajstić information content (AvgIpc) is 2.47. The molecule has 2 aromatic carbocycles. The van der Waals surface area contributed by atoms with Crippen molar-refractivity contribution in [2.75, 3.05) is 12.9 Å². The lowest BCUT2D eigenvalue weighted by Gasteiger charge is -2.06. The fraction of sp³-hybridized carbons (Fsp3) is 0.235. The Morgan fingerprint density at radius 1 is 1.00 bits per heavy atom. The van der Waals surface area contributed by atoms with Crippen molar-refractivity contribution in [2.45, 2.75) is 12.2 Å². The Labute approximate surface area is 130 Å². The Bertz CT molecular complexity index is 736. The van der Waals surface area contributed by atoms with E-state index in [1.54, 1.807) is 24.3 Å². The predicted octanol–water partition coefficient (Wildman–Crippen LogP) is 2.63. The first-order chi connectivity index (χ1) is 10.4. The third kappa shape index (κ3) is 5.33. The summed E-state index contributed by atoms with van der Waals surface area (Å²) in [5.41, 5.74) is 2.05. The maximum atomic E-state index is 12.0. The maximum absolute atomic E-state index is 12.0. The second-order valence-electron chi connectivity index (χ2n) is 5.14. The molecule has 0 aliphatic heterocycles. The maximum Gasteiger partial charge on any atom is 0.338 e. The molecule has 0 spiro atoms. The fourth-order valence-corrected chi connectivity index (χ4v) is 2.87. The van der Waals surface area contributed by atoms with E-state index in [0.29, 0.717) is 24.2 Å². The van der Waals surface area contributed by atoms with E-state index in [2.05, 4.69) is 0 Å².